The number of rotatable bonds is 5. The number of carbonyl (C=O) groups is 3. The first kappa shape index (κ1) is 23.6. The van der Waals surface area contributed by atoms with Crippen molar-refractivity contribution in [3.8, 4) is 11.5 Å². The van der Waals surface area contributed by atoms with Crippen LogP contribution < -0.4 is 4.74 Å². The maximum Gasteiger partial charge on any atom is 0.352 e. The minimum atomic E-state index is -1.27. The molecule has 1 saturated heterocycles. The van der Waals surface area contributed by atoms with Crippen molar-refractivity contribution in [1.82, 2.24) is 4.90 Å². The number of nitrogens with zero attached hydrogens (tertiary/aromatic N) is 1. The molecule has 35 heavy (non-hydrogen) atoms. The second-order valence-corrected chi connectivity index (χ2v) is 9.85. The van der Waals surface area contributed by atoms with Crippen LogP contribution >= 0.6 is 0 Å². The average Bonchev–Trinajstić information content (AvgIpc) is 3.15. The van der Waals surface area contributed by atoms with Gasteiger partial charge >= 0.3 is 17.9 Å². The van der Waals surface area contributed by atoms with Crippen LogP contribution in [0.15, 0.2) is 24.0 Å². The quantitative estimate of drug-likeness (QED) is 0.460. The summed E-state index contributed by atoms with van der Waals surface area (Å²) in [6.07, 6.45) is -0.227. The topological polar surface area (TPSA) is 132 Å². The lowest BCUT2D eigenvalue weighted by molar-refractivity contribution is -0.179. The number of benzene rings is 1. The fourth-order valence-electron chi connectivity index (χ4n) is 6.25. The molecule has 5 rings (SSSR count). The van der Waals surface area contributed by atoms with Gasteiger partial charge in [-0.3, -0.25) is 4.79 Å². The summed E-state index contributed by atoms with van der Waals surface area (Å²) in [7, 11) is 1.98. The molecule has 1 aromatic carbocycles. The third-order valence-electron chi connectivity index (χ3n) is 7.87. The number of hydrogen-bond acceptors (Lipinski definition) is 10. The molecule has 0 radical (unpaired) electrons. The first-order valence-corrected chi connectivity index (χ1v) is 11.7. The lowest BCUT2D eigenvalue weighted by Gasteiger charge is -2.61. The molecule has 0 aromatic heterocycles. The monoisotopic (exact) mass is 487 g/mol. The number of aromatic hydroxyl groups is 1. The number of phenolic OH excluding ortho intramolecular Hbond substituents is 1. The van der Waals surface area contributed by atoms with E-state index in [2.05, 4.69) is 4.90 Å². The van der Waals surface area contributed by atoms with Gasteiger partial charge in [0.2, 0.25) is 0 Å². The van der Waals surface area contributed by atoms with E-state index in [1.165, 1.54) is 20.8 Å². The first-order chi connectivity index (χ1) is 16.5. The van der Waals surface area contributed by atoms with Gasteiger partial charge in [0.05, 0.1) is 11.0 Å². The van der Waals surface area contributed by atoms with Crippen molar-refractivity contribution in [2.75, 3.05) is 13.6 Å². The number of ether oxygens (including phenoxy) is 4. The lowest BCUT2D eigenvalue weighted by Crippen LogP contribution is -2.74. The number of piperidine rings is 1. The Morgan fingerprint density at radius 1 is 1.17 bits per heavy atom. The van der Waals surface area contributed by atoms with Crippen LogP contribution in [0.1, 0.15) is 44.7 Å². The van der Waals surface area contributed by atoms with Gasteiger partial charge in [-0.05, 0) is 58.0 Å². The summed E-state index contributed by atoms with van der Waals surface area (Å²) < 4.78 is 21.8. The summed E-state index contributed by atoms with van der Waals surface area (Å²) in [6, 6.07) is 3.29. The number of hydrogen-bond donors (Lipinski definition) is 2. The summed E-state index contributed by atoms with van der Waals surface area (Å²) >= 11 is 0. The van der Waals surface area contributed by atoms with Crippen molar-refractivity contribution in [3.05, 3.63) is 35.1 Å². The highest BCUT2D eigenvalue weighted by molar-refractivity contribution is 5.83. The fraction of sp³-hybridized carbons (Fsp3) is 0.560. The highest BCUT2D eigenvalue weighted by atomic mass is 16.6. The molecule has 0 amide bonds. The molecule has 1 spiro atoms. The Kier molecular flexibility index (Phi) is 5.37. The van der Waals surface area contributed by atoms with E-state index in [1.54, 1.807) is 12.1 Å². The Labute approximate surface area is 202 Å². The normalized spacial score (nSPS) is 31.9. The van der Waals surface area contributed by atoms with E-state index in [4.69, 9.17) is 18.9 Å². The Bertz CT molecular complexity index is 1150. The van der Waals surface area contributed by atoms with Gasteiger partial charge in [0, 0.05) is 24.9 Å². The van der Waals surface area contributed by atoms with E-state index >= 15 is 0 Å². The van der Waals surface area contributed by atoms with Crippen molar-refractivity contribution in [2.24, 2.45) is 0 Å². The van der Waals surface area contributed by atoms with Gasteiger partial charge in [0.1, 0.15) is 5.76 Å². The van der Waals surface area contributed by atoms with Crippen molar-refractivity contribution < 1.29 is 43.5 Å². The van der Waals surface area contributed by atoms with E-state index in [0.717, 1.165) is 11.1 Å². The predicted molar refractivity (Wildman–Crippen MR) is 119 cm³/mol. The summed E-state index contributed by atoms with van der Waals surface area (Å²) in [5.41, 5.74) is -0.286. The SMILES string of the molecule is CC(=O)O[C@@H](C)C(=O)O[C@@H](C)C(=O)OC1=CC[C@@]2(O)[C@H]3Cc4ccc(O)c5c4C2(CCN3C)C1O5. The molecule has 2 bridgehead atoms. The summed E-state index contributed by atoms with van der Waals surface area (Å²) in [6.45, 7) is 4.57. The summed E-state index contributed by atoms with van der Waals surface area (Å²) in [5, 5.41) is 22.7. The Morgan fingerprint density at radius 3 is 2.60 bits per heavy atom. The molecular weight excluding hydrogens is 458 g/mol. The summed E-state index contributed by atoms with van der Waals surface area (Å²) in [4.78, 5) is 38.2. The van der Waals surface area contributed by atoms with Crippen molar-refractivity contribution in [2.45, 2.75) is 75.4 Å². The van der Waals surface area contributed by atoms with Crippen LogP contribution in [0.4, 0.5) is 0 Å². The van der Waals surface area contributed by atoms with Crippen molar-refractivity contribution in [1.29, 1.82) is 0 Å². The van der Waals surface area contributed by atoms with Gasteiger partial charge in [-0.2, -0.15) is 0 Å². The number of esters is 3. The molecular formula is C25H29NO9. The maximum atomic E-state index is 12.9. The Morgan fingerprint density at radius 2 is 1.89 bits per heavy atom. The number of likely N-dealkylation sites (tertiary alicyclic amines) is 1. The van der Waals surface area contributed by atoms with Crippen LogP contribution in [0, 0.1) is 0 Å². The smallest absolute Gasteiger partial charge is 0.352 e. The van der Waals surface area contributed by atoms with Crippen LogP contribution in [-0.4, -0.2) is 76.6 Å². The third-order valence-corrected chi connectivity index (χ3v) is 7.87. The van der Waals surface area contributed by atoms with E-state index in [1.807, 2.05) is 13.1 Å². The summed E-state index contributed by atoms with van der Waals surface area (Å²) in [5.74, 6) is -1.85. The number of phenols is 1. The number of likely N-dealkylation sites (N-methyl/N-ethyl adjacent to an activating group) is 1. The van der Waals surface area contributed by atoms with Gasteiger partial charge in [-0.1, -0.05) is 6.07 Å². The largest absolute Gasteiger partial charge is 0.504 e. The third kappa shape index (κ3) is 3.26. The minimum Gasteiger partial charge on any atom is -0.504 e. The first-order valence-electron chi connectivity index (χ1n) is 11.7. The fourth-order valence-corrected chi connectivity index (χ4v) is 6.25. The molecule has 2 heterocycles. The predicted octanol–water partition coefficient (Wildman–Crippen LogP) is 1.10. The van der Waals surface area contributed by atoms with E-state index in [0.29, 0.717) is 25.1 Å². The van der Waals surface area contributed by atoms with Gasteiger partial charge in [0.25, 0.3) is 0 Å². The average molecular weight is 488 g/mol. The van der Waals surface area contributed by atoms with Crippen LogP contribution in [0.3, 0.4) is 0 Å². The molecule has 2 N–H and O–H groups in total. The van der Waals surface area contributed by atoms with Gasteiger partial charge < -0.3 is 34.1 Å². The Hall–Kier alpha value is -3.11. The Balaban J connectivity index is 1.43. The second kappa shape index (κ2) is 7.96. The van der Waals surface area contributed by atoms with E-state index in [-0.39, 0.29) is 24.0 Å². The zero-order valence-electron chi connectivity index (χ0n) is 20.1. The van der Waals surface area contributed by atoms with Crippen molar-refractivity contribution >= 4 is 17.9 Å². The molecule has 4 aliphatic rings. The molecule has 2 aliphatic carbocycles. The molecule has 1 aromatic rings. The molecule has 188 valence electrons. The number of aliphatic hydroxyl groups is 1. The molecule has 1 fully saturated rings. The van der Waals surface area contributed by atoms with Crippen molar-refractivity contribution in [3.63, 3.8) is 0 Å². The van der Waals surface area contributed by atoms with Gasteiger partial charge in [0.15, 0.2) is 29.8 Å². The minimum absolute atomic E-state index is 0.0281. The molecule has 2 unspecified atom stereocenters. The maximum absolute atomic E-state index is 12.9. The van der Waals surface area contributed by atoms with Gasteiger partial charge in [-0.15, -0.1) is 0 Å². The highest BCUT2D eigenvalue weighted by Gasteiger charge is 2.72. The molecule has 2 aliphatic heterocycles. The molecule has 6 atom stereocenters. The standard InChI is InChI=1S/C25H29NO9/c1-12(32-14(3)27)22(29)33-13(2)23(30)34-17-7-8-25(31)18-11-15-5-6-16(28)20-19(15)24(25,21(17)35-20)9-10-26(18)4/h5-7,12-13,18,21,28,31H,8-11H2,1-4H3/t12-,13-,18+,21?,24?,25+/m0/s1. The van der Waals surface area contributed by atoms with Crippen LogP contribution in [0.25, 0.3) is 0 Å². The second-order valence-electron chi connectivity index (χ2n) is 9.85. The molecule has 0 saturated carbocycles. The zero-order chi connectivity index (χ0) is 25.3. The number of carbonyl (C=O) groups excluding carboxylic acids is 3. The molecule has 10 nitrogen and oxygen atoms in total. The van der Waals surface area contributed by atoms with E-state index in [9.17, 15) is 24.6 Å². The van der Waals surface area contributed by atoms with Crippen LogP contribution in [-0.2, 0) is 40.4 Å². The van der Waals surface area contributed by atoms with E-state index < -0.39 is 47.2 Å². The lowest BCUT2D eigenvalue weighted by atomic mass is 9.50. The van der Waals surface area contributed by atoms with Gasteiger partial charge in [-0.25, -0.2) is 9.59 Å². The van der Waals surface area contributed by atoms with Crippen LogP contribution in [0.2, 0.25) is 0 Å². The molecule has 10 heteroatoms. The zero-order valence-corrected chi connectivity index (χ0v) is 20.1. The highest BCUT2D eigenvalue weighted by Crippen LogP contribution is 2.65. The van der Waals surface area contributed by atoms with Crippen LogP contribution in [0.5, 0.6) is 11.5 Å².